The monoisotopic (exact) mass is 488 g/mol. The summed E-state index contributed by atoms with van der Waals surface area (Å²) in [5.41, 5.74) is 2.03. The summed E-state index contributed by atoms with van der Waals surface area (Å²) in [5, 5.41) is 14.8. The van der Waals surface area contributed by atoms with Crippen molar-refractivity contribution in [3.05, 3.63) is 86.3 Å². The van der Waals surface area contributed by atoms with Crippen LogP contribution in [0.5, 0.6) is 11.5 Å². The van der Waals surface area contributed by atoms with Gasteiger partial charge >= 0.3 is 0 Å². The average Bonchev–Trinajstić information content (AvgIpc) is 2.89. The third-order valence-corrected chi connectivity index (χ3v) is 7.05. The highest BCUT2D eigenvalue weighted by atomic mass is 16.6. The van der Waals surface area contributed by atoms with Crippen molar-refractivity contribution in [1.82, 2.24) is 4.57 Å². The molecule has 0 saturated carbocycles. The summed E-state index contributed by atoms with van der Waals surface area (Å²) in [7, 11) is 0. The highest BCUT2D eigenvalue weighted by Crippen LogP contribution is 2.40. The second-order valence-electron chi connectivity index (χ2n) is 9.38. The number of aromatic nitrogens is 1. The minimum absolute atomic E-state index is 0.00462. The number of nitro benzene ring substituents is 1. The van der Waals surface area contributed by atoms with Crippen molar-refractivity contribution in [3.8, 4) is 11.5 Å². The van der Waals surface area contributed by atoms with Gasteiger partial charge < -0.3 is 24.3 Å². The first kappa shape index (κ1) is 22.1. The number of carbonyl (C=O) groups excluding carboxylic acids is 1. The van der Waals surface area contributed by atoms with Crippen LogP contribution in [0, 0.1) is 16.0 Å². The Labute approximate surface area is 206 Å². The number of carbonyl (C=O) groups is 1. The van der Waals surface area contributed by atoms with Crippen molar-refractivity contribution >= 4 is 23.0 Å². The third kappa shape index (κ3) is 3.94. The summed E-state index contributed by atoms with van der Waals surface area (Å²) in [6.45, 7) is 2.69. The number of anilines is 2. The van der Waals surface area contributed by atoms with Gasteiger partial charge in [-0.25, -0.2) is 0 Å². The van der Waals surface area contributed by atoms with Crippen LogP contribution in [0.1, 0.15) is 28.4 Å². The van der Waals surface area contributed by atoms with E-state index in [1.54, 1.807) is 42.5 Å². The summed E-state index contributed by atoms with van der Waals surface area (Å²) in [6.07, 6.45) is 0.948. The van der Waals surface area contributed by atoms with Gasteiger partial charge in [-0.1, -0.05) is 6.07 Å². The zero-order valence-corrected chi connectivity index (χ0v) is 19.4. The number of nitro groups is 1. The van der Waals surface area contributed by atoms with Crippen LogP contribution in [0.25, 0.3) is 0 Å². The van der Waals surface area contributed by atoms with Gasteiger partial charge in [0.05, 0.1) is 4.92 Å². The van der Waals surface area contributed by atoms with E-state index in [9.17, 15) is 19.7 Å². The van der Waals surface area contributed by atoms with Crippen LogP contribution in [0.3, 0.4) is 0 Å². The Morgan fingerprint density at radius 1 is 1.00 bits per heavy atom. The van der Waals surface area contributed by atoms with Crippen LogP contribution >= 0.6 is 0 Å². The molecule has 6 rings (SSSR count). The Morgan fingerprint density at radius 3 is 2.67 bits per heavy atom. The van der Waals surface area contributed by atoms with Crippen molar-refractivity contribution < 1.29 is 19.2 Å². The van der Waals surface area contributed by atoms with E-state index in [-0.39, 0.29) is 28.6 Å². The summed E-state index contributed by atoms with van der Waals surface area (Å²) in [6, 6.07) is 15.0. The predicted molar refractivity (Wildman–Crippen MR) is 132 cm³/mol. The molecular weight excluding hydrogens is 464 g/mol. The Kier molecular flexibility index (Phi) is 5.36. The fourth-order valence-corrected chi connectivity index (χ4v) is 5.50. The molecule has 184 valence electrons. The Morgan fingerprint density at radius 2 is 1.83 bits per heavy atom. The predicted octanol–water partition coefficient (Wildman–Crippen LogP) is 3.40. The highest BCUT2D eigenvalue weighted by Gasteiger charge is 2.36. The normalized spacial score (nSPS) is 19.8. The van der Waals surface area contributed by atoms with E-state index in [0.29, 0.717) is 55.7 Å². The Bertz CT molecular complexity index is 1430. The largest absolute Gasteiger partial charge is 0.486 e. The maximum Gasteiger partial charge on any atom is 0.293 e. The van der Waals surface area contributed by atoms with Crippen molar-refractivity contribution in [2.75, 3.05) is 36.5 Å². The highest BCUT2D eigenvalue weighted by molar-refractivity contribution is 6.05. The molecule has 2 aromatic carbocycles. The molecule has 1 fully saturated rings. The zero-order chi connectivity index (χ0) is 24.8. The Balaban J connectivity index is 1.25. The van der Waals surface area contributed by atoms with Crippen LogP contribution in [0.4, 0.5) is 17.1 Å². The average molecular weight is 489 g/mol. The van der Waals surface area contributed by atoms with Crippen LogP contribution in [0.15, 0.2) is 59.4 Å². The topological polar surface area (TPSA) is 116 Å². The molecule has 10 nitrogen and oxygen atoms in total. The zero-order valence-electron chi connectivity index (χ0n) is 19.4. The number of hydrogen-bond donors (Lipinski definition) is 1. The van der Waals surface area contributed by atoms with E-state index in [4.69, 9.17) is 9.47 Å². The molecule has 2 bridgehead atoms. The number of benzene rings is 2. The van der Waals surface area contributed by atoms with E-state index in [1.807, 2.05) is 15.5 Å². The van der Waals surface area contributed by atoms with Crippen LogP contribution in [0.2, 0.25) is 0 Å². The van der Waals surface area contributed by atoms with Crippen molar-refractivity contribution in [3.63, 3.8) is 0 Å². The van der Waals surface area contributed by atoms with Gasteiger partial charge in [0.1, 0.15) is 18.9 Å². The first-order valence-corrected chi connectivity index (χ1v) is 11.9. The lowest BCUT2D eigenvalue weighted by atomic mass is 9.83. The number of hydrogen-bond acceptors (Lipinski definition) is 7. The summed E-state index contributed by atoms with van der Waals surface area (Å²) >= 11 is 0. The maximum absolute atomic E-state index is 12.9. The summed E-state index contributed by atoms with van der Waals surface area (Å²) in [4.78, 5) is 38.8. The molecule has 0 spiro atoms. The van der Waals surface area contributed by atoms with Crippen molar-refractivity contribution in [2.45, 2.75) is 18.9 Å². The molecule has 0 radical (unpaired) electrons. The number of amides is 1. The number of rotatable bonds is 4. The third-order valence-electron chi connectivity index (χ3n) is 7.05. The molecule has 1 N–H and O–H groups in total. The van der Waals surface area contributed by atoms with E-state index >= 15 is 0 Å². The number of ether oxygens (including phenoxy) is 2. The van der Waals surface area contributed by atoms with Gasteiger partial charge in [-0.15, -0.1) is 0 Å². The molecule has 1 amide bonds. The fraction of sp³-hybridized carbons (Fsp3) is 0.308. The Hall–Kier alpha value is -4.34. The molecule has 4 heterocycles. The SMILES string of the molecule is O=C(Nc1ccc2c(c1)OCCO2)c1ccc(N2CC3CC(C2)c2cccc(=O)n2C3)c([N+](=O)[O-])c1. The van der Waals surface area contributed by atoms with Gasteiger partial charge in [-0.05, 0) is 42.7 Å². The maximum atomic E-state index is 12.9. The number of piperidine rings is 1. The number of pyridine rings is 1. The molecule has 3 aromatic rings. The summed E-state index contributed by atoms with van der Waals surface area (Å²) < 4.78 is 12.9. The van der Waals surface area contributed by atoms with E-state index in [0.717, 1.165) is 12.1 Å². The van der Waals surface area contributed by atoms with E-state index < -0.39 is 10.8 Å². The molecule has 10 heteroatoms. The molecular formula is C26H24N4O6. The van der Waals surface area contributed by atoms with Gasteiger partial charge in [0.25, 0.3) is 17.2 Å². The molecule has 1 aromatic heterocycles. The smallest absolute Gasteiger partial charge is 0.293 e. The second-order valence-corrected chi connectivity index (χ2v) is 9.38. The minimum atomic E-state index is -0.454. The lowest BCUT2D eigenvalue weighted by Gasteiger charge is -2.43. The van der Waals surface area contributed by atoms with Gasteiger partial charge in [0, 0.05) is 60.7 Å². The molecule has 36 heavy (non-hydrogen) atoms. The molecule has 3 aliphatic heterocycles. The van der Waals surface area contributed by atoms with E-state index in [1.165, 1.54) is 6.07 Å². The van der Waals surface area contributed by atoms with Crippen LogP contribution in [-0.4, -0.2) is 41.7 Å². The van der Waals surface area contributed by atoms with Crippen LogP contribution < -0.4 is 25.2 Å². The molecule has 0 aliphatic carbocycles. The van der Waals surface area contributed by atoms with Crippen LogP contribution in [-0.2, 0) is 6.54 Å². The van der Waals surface area contributed by atoms with Crippen molar-refractivity contribution in [1.29, 1.82) is 0 Å². The number of fused-ring (bicyclic) bond motifs is 5. The number of nitrogens with zero attached hydrogens (tertiary/aromatic N) is 3. The standard InChI is InChI=1S/C26H24N4O6/c31-25-3-1-2-20-18-10-16(14-29(20)25)13-28(15-18)21-6-4-17(11-22(21)30(33)34)26(32)27-19-5-7-23-24(12-19)36-9-8-35-23/h1-7,11-12,16,18H,8-10,13-15H2,(H,27,32). The van der Waals surface area contributed by atoms with Gasteiger partial charge in [0.15, 0.2) is 11.5 Å². The van der Waals surface area contributed by atoms with Crippen molar-refractivity contribution in [2.24, 2.45) is 5.92 Å². The lowest BCUT2D eigenvalue weighted by molar-refractivity contribution is -0.384. The van der Waals surface area contributed by atoms with Gasteiger partial charge in [0.2, 0.25) is 0 Å². The summed E-state index contributed by atoms with van der Waals surface area (Å²) in [5.74, 6) is 1.03. The second kappa shape index (κ2) is 8.71. The first-order chi connectivity index (χ1) is 17.5. The first-order valence-electron chi connectivity index (χ1n) is 11.9. The molecule has 3 aliphatic rings. The minimum Gasteiger partial charge on any atom is -0.486 e. The fourth-order valence-electron chi connectivity index (χ4n) is 5.50. The quantitative estimate of drug-likeness (QED) is 0.442. The molecule has 2 atom stereocenters. The van der Waals surface area contributed by atoms with E-state index in [2.05, 4.69) is 5.32 Å². The number of nitrogens with one attached hydrogen (secondary N) is 1. The lowest BCUT2D eigenvalue weighted by Crippen LogP contribution is -2.47. The van der Waals surface area contributed by atoms with Gasteiger partial charge in [-0.3, -0.25) is 19.7 Å². The van der Waals surface area contributed by atoms with Gasteiger partial charge in [-0.2, -0.15) is 0 Å². The molecule has 2 unspecified atom stereocenters. The molecule has 1 saturated heterocycles.